The van der Waals surface area contributed by atoms with Gasteiger partial charge in [-0.25, -0.2) is 4.57 Å². The molecule has 0 bridgehead atoms. The van der Waals surface area contributed by atoms with E-state index in [9.17, 15) is 14.3 Å². The Labute approximate surface area is 288 Å². The van der Waals surface area contributed by atoms with E-state index in [0.717, 1.165) is 57.8 Å². The summed E-state index contributed by atoms with van der Waals surface area (Å²) in [6, 6.07) is 0. The summed E-state index contributed by atoms with van der Waals surface area (Å²) in [6.45, 7) is 4.17. The molecule has 0 aliphatic carbocycles. The van der Waals surface area contributed by atoms with Gasteiger partial charge in [-0.15, -0.1) is 0 Å². The van der Waals surface area contributed by atoms with Crippen LogP contribution in [0.25, 0.3) is 0 Å². The third-order valence-electron chi connectivity index (χ3n) is 7.87. The predicted octanol–water partition coefficient (Wildman–Crippen LogP) is 11.0. The number of carbonyl (C=O) groups is 1. The van der Waals surface area contributed by atoms with Crippen LogP contribution in [0.1, 0.15) is 168 Å². The van der Waals surface area contributed by atoms with Gasteiger partial charge in [0, 0.05) is 13.0 Å². The number of ether oxygens (including phenoxy) is 2. The fraction of sp³-hybridized carbons (Fsp3) is 0.816. The van der Waals surface area contributed by atoms with Crippen molar-refractivity contribution in [2.45, 2.75) is 174 Å². The fourth-order valence-electron chi connectivity index (χ4n) is 5.04. The molecule has 47 heavy (non-hydrogen) atoms. The van der Waals surface area contributed by atoms with Crippen molar-refractivity contribution in [1.82, 2.24) is 0 Å². The second kappa shape index (κ2) is 35.9. The molecule has 0 fully saturated rings. The average Bonchev–Trinajstić information content (AvgIpc) is 3.06. The standard InChI is InChI=1S/C38H72NO7P/c1-3-5-7-9-11-13-15-17-19-21-23-25-27-29-31-38(40)46-37(36-45-47(41,42)44-34-32-39)35-43-33-30-28-26-24-22-20-18-16-14-12-10-8-6-4-2/h9,11,15,17,30,33,37H,3-8,10,12-14,16,18-29,31-32,34-36,39H2,1-2H3,(H,41,42)/b11-9+,17-15+,33-30+/t37-/m1/s1. The van der Waals surface area contributed by atoms with Gasteiger partial charge < -0.3 is 20.1 Å². The lowest BCUT2D eigenvalue weighted by atomic mass is 10.0. The Morgan fingerprint density at radius 2 is 1.17 bits per heavy atom. The monoisotopic (exact) mass is 686 g/mol. The zero-order valence-electron chi connectivity index (χ0n) is 30.3. The van der Waals surface area contributed by atoms with Crippen molar-refractivity contribution in [3.8, 4) is 0 Å². The summed E-state index contributed by atoms with van der Waals surface area (Å²) < 4.78 is 33.0. The second-order valence-corrected chi connectivity index (χ2v) is 14.0. The Morgan fingerprint density at radius 3 is 1.74 bits per heavy atom. The van der Waals surface area contributed by atoms with Crippen molar-refractivity contribution in [3.05, 3.63) is 36.6 Å². The van der Waals surface area contributed by atoms with Gasteiger partial charge in [-0.3, -0.25) is 13.8 Å². The Bertz CT molecular complexity index is 818. The SMILES string of the molecule is CCCC/C=C/C/C=C/CCCCCCCC(=O)O[C@H](CO/C=C/CCCCCCCCCCCCCC)COP(=O)(O)OCCN. The molecule has 0 saturated carbocycles. The molecular formula is C38H72NO7P. The second-order valence-electron chi connectivity index (χ2n) is 12.5. The van der Waals surface area contributed by atoms with Crippen LogP contribution in [0.4, 0.5) is 0 Å². The van der Waals surface area contributed by atoms with Gasteiger partial charge in [0.2, 0.25) is 0 Å². The Balaban J connectivity index is 4.17. The lowest BCUT2D eigenvalue weighted by Gasteiger charge is -2.19. The number of esters is 1. The molecule has 8 nitrogen and oxygen atoms in total. The van der Waals surface area contributed by atoms with Crippen molar-refractivity contribution in [3.63, 3.8) is 0 Å². The summed E-state index contributed by atoms with van der Waals surface area (Å²) in [5.41, 5.74) is 5.34. The maximum Gasteiger partial charge on any atom is 0.472 e. The molecule has 3 N–H and O–H groups in total. The van der Waals surface area contributed by atoms with E-state index in [4.69, 9.17) is 24.3 Å². The highest BCUT2D eigenvalue weighted by atomic mass is 31.2. The van der Waals surface area contributed by atoms with E-state index in [1.165, 1.54) is 89.9 Å². The van der Waals surface area contributed by atoms with Crippen molar-refractivity contribution >= 4 is 13.8 Å². The first kappa shape index (κ1) is 45.6. The number of rotatable bonds is 36. The lowest BCUT2D eigenvalue weighted by Crippen LogP contribution is -2.27. The van der Waals surface area contributed by atoms with Gasteiger partial charge in [-0.1, -0.05) is 141 Å². The molecule has 0 spiro atoms. The minimum Gasteiger partial charge on any atom is -0.498 e. The summed E-state index contributed by atoms with van der Waals surface area (Å²) >= 11 is 0. The van der Waals surface area contributed by atoms with E-state index in [0.29, 0.717) is 0 Å². The molecule has 2 atom stereocenters. The van der Waals surface area contributed by atoms with Gasteiger partial charge in [-0.2, -0.15) is 0 Å². The number of phosphoric acid groups is 1. The molecule has 0 aromatic carbocycles. The lowest BCUT2D eigenvalue weighted by molar-refractivity contribution is -0.153. The molecule has 0 aromatic rings. The molecule has 0 aromatic heterocycles. The van der Waals surface area contributed by atoms with Crippen LogP contribution in [0.5, 0.6) is 0 Å². The minimum atomic E-state index is -4.29. The molecule has 0 aliphatic heterocycles. The molecule has 276 valence electrons. The first-order chi connectivity index (χ1) is 22.9. The zero-order chi connectivity index (χ0) is 34.5. The van der Waals surface area contributed by atoms with Gasteiger partial charge in [0.05, 0.1) is 19.5 Å². The number of unbranched alkanes of at least 4 members (excludes halogenated alkanes) is 19. The number of allylic oxidation sites excluding steroid dienone is 5. The quantitative estimate of drug-likeness (QED) is 0.0220. The van der Waals surface area contributed by atoms with E-state index in [1.54, 1.807) is 6.26 Å². The summed E-state index contributed by atoms with van der Waals surface area (Å²) in [5.74, 6) is -0.367. The van der Waals surface area contributed by atoms with Crippen LogP contribution in [-0.2, 0) is 27.9 Å². The first-order valence-corrected chi connectivity index (χ1v) is 20.5. The molecule has 0 amide bonds. The topological polar surface area (TPSA) is 117 Å². The van der Waals surface area contributed by atoms with Crippen LogP contribution >= 0.6 is 7.82 Å². The van der Waals surface area contributed by atoms with Crippen LogP contribution < -0.4 is 5.73 Å². The number of carbonyl (C=O) groups excluding carboxylic acids is 1. The summed E-state index contributed by atoms with van der Waals surface area (Å²) in [6.07, 6.45) is 39.6. The number of hydrogen-bond acceptors (Lipinski definition) is 7. The van der Waals surface area contributed by atoms with Crippen molar-refractivity contribution in [2.75, 3.05) is 26.4 Å². The normalized spacial score (nSPS) is 14.0. The molecule has 0 saturated heterocycles. The Morgan fingerprint density at radius 1 is 0.660 bits per heavy atom. The van der Waals surface area contributed by atoms with Crippen LogP contribution in [0, 0.1) is 0 Å². The Kier molecular flexibility index (Phi) is 34.8. The van der Waals surface area contributed by atoms with E-state index in [2.05, 4.69) is 38.2 Å². The Hall–Kier alpha value is -1.44. The molecule has 1 unspecified atom stereocenters. The van der Waals surface area contributed by atoms with Crippen molar-refractivity contribution in [2.24, 2.45) is 5.73 Å². The first-order valence-electron chi connectivity index (χ1n) is 19.0. The summed E-state index contributed by atoms with van der Waals surface area (Å²) in [7, 11) is -4.29. The van der Waals surface area contributed by atoms with E-state index in [1.807, 2.05) is 6.08 Å². The largest absolute Gasteiger partial charge is 0.498 e. The summed E-state index contributed by atoms with van der Waals surface area (Å²) in [4.78, 5) is 22.3. The fourth-order valence-corrected chi connectivity index (χ4v) is 5.80. The highest BCUT2D eigenvalue weighted by Gasteiger charge is 2.25. The van der Waals surface area contributed by atoms with Crippen LogP contribution in [0.2, 0.25) is 0 Å². The molecule has 0 rings (SSSR count). The van der Waals surface area contributed by atoms with Gasteiger partial charge in [0.15, 0.2) is 6.10 Å². The minimum absolute atomic E-state index is 0.0274. The van der Waals surface area contributed by atoms with E-state index in [-0.39, 0.29) is 38.8 Å². The highest BCUT2D eigenvalue weighted by Crippen LogP contribution is 2.43. The van der Waals surface area contributed by atoms with Gasteiger partial charge in [0.25, 0.3) is 0 Å². The smallest absolute Gasteiger partial charge is 0.472 e. The maximum absolute atomic E-state index is 12.5. The molecular weight excluding hydrogens is 613 g/mol. The van der Waals surface area contributed by atoms with Gasteiger partial charge in [0.1, 0.15) is 6.61 Å². The third-order valence-corrected chi connectivity index (χ3v) is 8.86. The number of nitrogens with two attached hydrogens (primary N) is 1. The molecule has 0 aliphatic rings. The number of phosphoric ester groups is 1. The maximum atomic E-state index is 12.5. The zero-order valence-corrected chi connectivity index (χ0v) is 31.2. The van der Waals surface area contributed by atoms with Gasteiger partial charge >= 0.3 is 13.8 Å². The number of hydrogen-bond donors (Lipinski definition) is 2. The molecule has 0 radical (unpaired) electrons. The predicted molar refractivity (Wildman–Crippen MR) is 196 cm³/mol. The van der Waals surface area contributed by atoms with Crippen LogP contribution in [0.3, 0.4) is 0 Å². The molecule has 0 heterocycles. The molecule has 9 heteroatoms. The third kappa shape index (κ3) is 35.7. The average molecular weight is 686 g/mol. The van der Waals surface area contributed by atoms with E-state index < -0.39 is 13.9 Å². The van der Waals surface area contributed by atoms with Crippen molar-refractivity contribution in [1.29, 1.82) is 0 Å². The van der Waals surface area contributed by atoms with Crippen LogP contribution in [0.15, 0.2) is 36.6 Å². The highest BCUT2D eigenvalue weighted by molar-refractivity contribution is 7.47. The van der Waals surface area contributed by atoms with Gasteiger partial charge in [-0.05, 0) is 51.0 Å². The van der Waals surface area contributed by atoms with Crippen molar-refractivity contribution < 1.29 is 32.8 Å². The van der Waals surface area contributed by atoms with E-state index >= 15 is 0 Å². The summed E-state index contributed by atoms with van der Waals surface area (Å²) in [5, 5.41) is 0. The van der Waals surface area contributed by atoms with Crippen LogP contribution in [-0.4, -0.2) is 43.3 Å².